The van der Waals surface area contributed by atoms with Gasteiger partial charge in [0, 0.05) is 28.3 Å². The summed E-state index contributed by atoms with van der Waals surface area (Å²) in [6.45, 7) is 6.37. The molecular formula is C11H25NOS. The second-order valence-corrected chi connectivity index (χ2v) is 6.20. The van der Waals surface area contributed by atoms with Crippen molar-refractivity contribution in [1.82, 2.24) is 0 Å². The summed E-state index contributed by atoms with van der Waals surface area (Å²) < 4.78 is 11.5. The van der Waals surface area contributed by atoms with Crippen LogP contribution < -0.4 is 5.73 Å². The summed E-state index contributed by atoms with van der Waals surface area (Å²) in [5, 5.41) is 0. The van der Waals surface area contributed by atoms with Crippen molar-refractivity contribution in [2.24, 2.45) is 11.7 Å². The molecule has 2 atom stereocenters. The fraction of sp³-hybridized carbons (Fsp3) is 1.00. The van der Waals surface area contributed by atoms with Gasteiger partial charge in [-0.25, -0.2) is 0 Å². The highest BCUT2D eigenvalue weighted by Crippen LogP contribution is 2.04. The van der Waals surface area contributed by atoms with Crippen LogP contribution in [-0.4, -0.2) is 21.8 Å². The van der Waals surface area contributed by atoms with Crippen LogP contribution in [0.3, 0.4) is 0 Å². The van der Waals surface area contributed by atoms with Crippen molar-refractivity contribution < 1.29 is 4.21 Å². The molecule has 0 amide bonds. The van der Waals surface area contributed by atoms with Gasteiger partial charge in [-0.3, -0.25) is 4.21 Å². The van der Waals surface area contributed by atoms with E-state index < -0.39 is 10.8 Å². The summed E-state index contributed by atoms with van der Waals surface area (Å²) in [7, 11) is -0.596. The normalized spacial score (nSPS) is 15.8. The van der Waals surface area contributed by atoms with Gasteiger partial charge in [0.2, 0.25) is 0 Å². The first-order chi connectivity index (χ1) is 6.52. The lowest BCUT2D eigenvalue weighted by Crippen LogP contribution is -2.14. The predicted molar refractivity (Wildman–Crippen MR) is 64.8 cm³/mol. The molecule has 0 aliphatic rings. The van der Waals surface area contributed by atoms with Crippen LogP contribution >= 0.6 is 0 Å². The monoisotopic (exact) mass is 219 g/mol. The van der Waals surface area contributed by atoms with Crippen LogP contribution in [0, 0.1) is 5.92 Å². The van der Waals surface area contributed by atoms with Crippen molar-refractivity contribution in [1.29, 1.82) is 0 Å². The van der Waals surface area contributed by atoms with Gasteiger partial charge >= 0.3 is 0 Å². The Balaban J connectivity index is 3.27. The molecular weight excluding hydrogens is 194 g/mol. The molecule has 14 heavy (non-hydrogen) atoms. The van der Waals surface area contributed by atoms with Crippen molar-refractivity contribution in [2.75, 3.05) is 11.5 Å². The molecule has 0 rings (SSSR count). The van der Waals surface area contributed by atoms with Crippen molar-refractivity contribution in [3.8, 4) is 0 Å². The lowest BCUT2D eigenvalue weighted by Gasteiger charge is -2.06. The highest BCUT2D eigenvalue weighted by Gasteiger charge is 2.02. The Morgan fingerprint density at radius 1 is 1.07 bits per heavy atom. The van der Waals surface area contributed by atoms with Gasteiger partial charge in [-0.2, -0.15) is 0 Å². The summed E-state index contributed by atoms with van der Waals surface area (Å²) in [6.07, 6.45) is 4.32. The van der Waals surface area contributed by atoms with E-state index in [4.69, 9.17) is 5.73 Å². The molecule has 2 unspecified atom stereocenters. The van der Waals surface area contributed by atoms with Crippen LogP contribution in [0.2, 0.25) is 0 Å². The van der Waals surface area contributed by atoms with Crippen molar-refractivity contribution in [3.63, 3.8) is 0 Å². The maximum atomic E-state index is 11.5. The van der Waals surface area contributed by atoms with E-state index in [9.17, 15) is 4.21 Å². The van der Waals surface area contributed by atoms with E-state index in [0.29, 0.717) is 12.0 Å². The Morgan fingerprint density at radius 2 is 1.71 bits per heavy atom. The molecule has 0 aromatic carbocycles. The topological polar surface area (TPSA) is 43.1 Å². The van der Waals surface area contributed by atoms with Gasteiger partial charge in [-0.05, 0) is 32.1 Å². The zero-order chi connectivity index (χ0) is 11.0. The maximum absolute atomic E-state index is 11.5. The third-order valence-corrected chi connectivity index (χ3v) is 3.64. The molecule has 2 N–H and O–H groups in total. The summed E-state index contributed by atoms with van der Waals surface area (Å²) in [5.74, 6) is 2.40. The third-order valence-electron chi connectivity index (χ3n) is 2.20. The summed E-state index contributed by atoms with van der Waals surface area (Å²) in [5.41, 5.74) is 5.63. The quantitative estimate of drug-likeness (QED) is 0.637. The van der Waals surface area contributed by atoms with E-state index in [1.807, 2.05) is 6.92 Å². The van der Waals surface area contributed by atoms with Crippen LogP contribution in [0.1, 0.15) is 46.5 Å². The Morgan fingerprint density at radius 3 is 2.21 bits per heavy atom. The standard InChI is InChI=1S/C11H25NOS/c1-10(2)7-9-14(13)8-5-4-6-11(3)12/h10-11H,4-9,12H2,1-3H3. The maximum Gasteiger partial charge on any atom is 0.0237 e. The Kier molecular flexibility index (Phi) is 8.49. The average Bonchev–Trinajstić information content (AvgIpc) is 2.08. The van der Waals surface area contributed by atoms with Gasteiger partial charge in [-0.1, -0.05) is 20.3 Å². The minimum Gasteiger partial charge on any atom is -0.328 e. The minimum atomic E-state index is -0.596. The number of rotatable bonds is 8. The molecule has 0 bridgehead atoms. The lowest BCUT2D eigenvalue weighted by atomic mass is 10.2. The van der Waals surface area contributed by atoms with Gasteiger partial charge in [-0.15, -0.1) is 0 Å². The summed E-state index contributed by atoms with van der Waals surface area (Å²) in [4.78, 5) is 0. The summed E-state index contributed by atoms with van der Waals surface area (Å²) in [6, 6.07) is 0.291. The first-order valence-corrected chi connectivity index (χ1v) is 7.11. The van der Waals surface area contributed by atoms with Crippen LogP contribution in [0.25, 0.3) is 0 Å². The fourth-order valence-corrected chi connectivity index (χ4v) is 2.66. The van der Waals surface area contributed by atoms with Crippen LogP contribution in [0.15, 0.2) is 0 Å². The van der Waals surface area contributed by atoms with Gasteiger partial charge in [0.1, 0.15) is 0 Å². The molecule has 0 aromatic rings. The fourth-order valence-electron chi connectivity index (χ4n) is 1.20. The Bertz CT molecular complexity index is 157. The highest BCUT2D eigenvalue weighted by molar-refractivity contribution is 7.84. The third kappa shape index (κ3) is 10.2. The molecule has 0 fully saturated rings. The molecule has 0 aliphatic carbocycles. The zero-order valence-electron chi connectivity index (χ0n) is 9.79. The molecule has 0 saturated carbocycles. The first kappa shape index (κ1) is 14.1. The largest absolute Gasteiger partial charge is 0.328 e. The van der Waals surface area contributed by atoms with Gasteiger partial charge in [0.15, 0.2) is 0 Å². The van der Waals surface area contributed by atoms with Gasteiger partial charge in [0.25, 0.3) is 0 Å². The first-order valence-electron chi connectivity index (χ1n) is 5.63. The zero-order valence-corrected chi connectivity index (χ0v) is 10.6. The van der Waals surface area contributed by atoms with E-state index in [2.05, 4.69) is 13.8 Å². The SMILES string of the molecule is CC(C)CCS(=O)CCCCC(C)N. The van der Waals surface area contributed by atoms with E-state index in [1.165, 1.54) is 0 Å². The second-order valence-electron chi connectivity index (χ2n) is 4.50. The van der Waals surface area contributed by atoms with Crippen molar-refractivity contribution in [2.45, 2.75) is 52.5 Å². The van der Waals surface area contributed by atoms with Gasteiger partial charge in [0.05, 0.1) is 0 Å². The molecule has 0 aromatic heterocycles. The predicted octanol–water partition coefficient (Wildman–Crippen LogP) is 2.30. The van der Waals surface area contributed by atoms with E-state index in [1.54, 1.807) is 0 Å². The van der Waals surface area contributed by atoms with Crippen LogP contribution in [-0.2, 0) is 10.8 Å². The Labute approximate surface area is 91.1 Å². The molecule has 0 radical (unpaired) electrons. The average molecular weight is 219 g/mol. The Hall–Kier alpha value is 0.110. The van der Waals surface area contributed by atoms with Crippen molar-refractivity contribution in [3.05, 3.63) is 0 Å². The second kappa shape index (κ2) is 8.42. The lowest BCUT2D eigenvalue weighted by molar-refractivity contribution is 0.605. The molecule has 0 spiro atoms. The molecule has 86 valence electrons. The smallest absolute Gasteiger partial charge is 0.0237 e. The minimum absolute atomic E-state index is 0.291. The molecule has 0 saturated heterocycles. The van der Waals surface area contributed by atoms with E-state index in [-0.39, 0.29) is 0 Å². The number of hydrogen-bond donors (Lipinski definition) is 1. The molecule has 2 nitrogen and oxygen atoms in total. The number of nitrogens with two attached hydrogens (primary N) is 1. The number of unbranched alkanes of at least 4 members (excludes halogenated alkanes) is 1. The number of hydrogen-bond acceptors (Lipinski definition) is 2. The van der Waals surface area contributed by atoms with Crippen LogP contribution in [0.5, 0.6) is 0 Å². The molecule has 3 heteroatoms. The van der Waals surface area contributed by atoms with E-state index >= 15 is 0 Å². The molecule has 0 heterocycles. The van der Waals surface area contributed by atoms with Gasteiger partial charge < -0.3 is 5.73 Å². The van der Waals surface area contributed by atoms with E-state index in [0.717, 1.165) is 37.2 Å². The highest BCUT2D eigenvalue weighted by atomic mass is 32.2. The molecule has 0 aliphatic heterocycles. The summed E-state index contributed by atoms with van der Waals surface area (Å²) >= 11 is 0. The van der Waals surface area contributed by atoms with Crippen molar-refractivity contribution >= 4 is 10.8 Å². The van der Waals surface area contributed by atoms with Crippen LogP contribution in [0.4, 0.5) is 0 Å².